The van der Waals surface area contributed by atoms with E-state index in [2.05, 4.69) is 223 Å². The van der Waals surface area contributed by atoms with Gasteiger partial charge in [0.2, 0.25) is 0 Å². The maximum Gasteiger partial charge on any atom is 0.0313 e. The zero-order valence-corrected chi connectivity index (χ0v) is 58.0. The van der Waals surface area contributed by atoms with E-state index in [-0.39, 0.29) is 0 Å². The summed E-state index contributed by atoms with van der Waals surface area (Å²) in [6.07, 6.45) is -5.01. The van der Waals surface area contributed by atoms with Crippen LogP contribution in [-0.2, 0) is 0 Å². The summed E-state index contributed by atoms with van der Waals surface area (Å²) in [6, 6.07) is 0. The molecule has 0 aliphatic rings. The highest BCUT2D eigenvalue weighted by molar-refractivity contribution is 8.33. The highest BCUT2D eigenvalue weighted by atomic mass is 30.5. The molecular weight excluding hydrogens is 858 g/mol. The summed E-state index contributed by atoms with van der Waals surface area (Å²) in [7, 11) is -19.0. The Morgan fingerprint density at radius 3 is 0.280 bits per heavy atom. The monoisotopic (exact) mass is 958 g/mol. The molecule has 16 heteroatoms. The average Bonchev–Trinajstić information content (AvgIpc) is 2.61. The minimum Gasteiger partial charge on any atom is -0.0753 e. The Kier molecular flexibility index (Phi) is 15.0. The third-order valence-electron chi connectivity index (χ3n) is 16.7. The van der Waals surface area contributed by atoms with Gasteiger partial charge in [0.15, 0.2) is 0 Å². The molecule has 0 aromatic heterocycles. The van der Waals surface area contributed by atoms with Crippen molar-refractivity contribution < 1.29 is 0 Å². The van der Waals surface area contributed by atoms with Crippen molar-refractivity contribution in [1.82, 2.24) is 0 Å². The zero-order valence-electron chi connectivity index (χ0n) is 42.0. The van der Waals surface area contributed by atoms with Crippen molar-refractivity contribution in [3.63, 3.8) is 0 Å². The van der Waals surface area contributed by atoms with E-state index in [4.69, 9.17) is 0 Å². The van der Waals surface area contributed by atoms with Crippen LogP contribution >= 0.6 is 0 Å². The maximum absolute atomic E-state index is 3.48. The predicted molar refractivity (Wildman–Crippen MR) is 291 cm³/mol. The largest absolute Gasteiger partial charge is 0.0753 e. The summed E-state index contributed by atoms with van der Waals surface area (Å²) >= 11 is 0. The highest BCUT2D eigenvalue weighted by Crippen LogP contribution is 2.59. The molecule has 0 heterocycles. The van der Waals surface area contributed by atoms with Crippen LogP contribution in [0.1, 0.15) is 0 Å². The van der Waals surface area contributed by atoms with Crippen molar-refractivity contribution in [2.75, 3.05) is 0 Å². The van der Waals surface area contributed by atoms with E-state index in [9.17, 15) is 0 Å². The number of rotatable bonds is 15. The lowest BCUT2D eigenvalue weighted by atomic mass is 11.8. The van der Waals surface area contributed by atoms with Gasteiger partial charge in [0.25, 0.3) is 0 Å². The van der Waals surface area contributed by atoms with Crippen LogP contribution in [0.4, 0.5) is 0 Å². The molecule has 0 aromatic carbocycles. The summed E-state index contributed by atoms with van der Waals surface area (Å²) in [5.41, 5.74) is 0. The van der Waals surface area contributed by atoms with Crippen molar-refractivity contribution in [3.8, 4) is 0 Å². The van der Waals surface area contributed by atoms with Crippen LogP contribution in [0.3, 0.4) is 0 Å². The molecule has 0 saturated heterocycles. The van der Waals surface area contributed by atoms with Crippen LogP contribution in [0.5, 0.6) is 0 Å². The summed E-state index contributed by atoms with van der Waals surface area (Å²) in [5.74, 6) is 0. The van der Waals surface area contributed by atoms with Gasteiger partial charge in [-0.2, -0.15) is 0 Å². The van der Waals surface area contributed by atoms with Crippen LogP contribution in [-0.4, -0.2) is 115 Å². The lowest BCUT2D eigenvalue weighted by molar-refractivity contribution is 1.72. The molecule has 0 aromatic rings. The lowest BCUT2D eigenvalue weighted by Gasteiger charge is -2.81. The van der Waals surface area contributed by atoms with E-state index >= 15 is 0 Å². The van der Waals surface area contributed by atoms with E-state index in [1.807, 2.05) is 0 Å². The molecule has 0 radical (unpaired) electrons. The van der Waals surface area contributed by atoms with Crippen molar-refractivity contribution >= 4 is 115 Å². The standard InChI is InChI=1S/C34H102Si16/c1-35(2,3)48(36(4,5)6,37(7,8)9)44(28,29)47(34,45(30,31)49(38(10,11)12,39(13,14)15)40(16,17)18)46(32,33)50(41(19,20)21,42(22,23)24)43(25,26)27/h1-34H3. The molecule has 0 unspecified atom stereocenters. The van der Waals surface area contributed by atoms with Gasteiger partial charge in [-0.25, -0.2) is 0 Å². The fourth-order valence-corrected chi connectivity index (χ4v) is 899. The van der Waals surface area contributed by atoms with Gasteiger partial charge in [-0.3, -0.25) is 0 Å². The Morgan fingerprint density at radius 1 is 0.140 bits per heavy atom. The highest BCUT2D eigenvalue weighted by Gasteiger charge is 2.86. The van der Waals surface area contributed by atoms with Gasteiger partial charge in [0.05, 0.1) is 0 Å². The molecule has 0 amide bonds. The van der Waals surface area contributed by atoms with Gasteiger partial charge in [-0.1, -0.05) is 223 Å². The molecule has 0 nitrogen and oxygen atoms in total. The number of hydrogen-bond donors (Lipinski definition) is 0. The Labute approximate surface area is 334 Å². The minimum atomic E-state index is -1.91. The first-order chi connectivity index (χ1) is 20.8. The van der Waals surface area contributed by atoms with Gasteiger partial charge in [0, 0.05) is 115 Å². The molecule has 0 atom stereocenters. The average molecular weight is 961 g/mol. The topological polar surface area (TPSA) is 0 Å². The predicted octanol–water partition coefficient (Wildman–Crippen LogP) is 13.8. The third-order valence-corrected chi connectivity index (χ3v) is 474. The zero-order chi connectivity index (χ0) is 42.0. The molecular formula is C34H102Si16. The Morgan fingerprint density at radius 2 is 0.220 bits per heavy atom. The molecule has 0 fully saturated rings. The fourth-order valence-electron chi connectivity index (χ4n) is 22.0. The molecule has 302 valence electrons. The molecule has 50 heavy (non-hydrogen) atoms. The summed E-state index contributed by atoms with van der Waals surface area (Å²) in [4.78, 5) is 0. The second-order valence-corrected chi connectivity index (χ2v) is 220. The smallest absolute Gasteiger partial charge is 0.0313 e. The molecule has 0 bridgehead atoms. The lowest BCUT2D eigenvalue weighted by Crippen LogP contribution is -3.12. The third kappa shape index (κ3) is 6.84. The Hall–Kier alpha value is 3.47. The maximum atomic E-state index is 3.48. The SMILES string of the molecule is C[Si](C)(C)[Si]([Si](C)(C)C)([Si](C)(C)C)[Si](C)(C)[Si](C)([Si](C)(C)[Si]([Si](C)(C)C)([Si](C)(C)C)[Si](C)(C)C)[Si](C)(C)[Si]([Si](C)(C)C)([Si](C)(C)C)[Si](C)(C)C. The molecule has 0 aliphatic carbocycles. The summed E-state index contributed by atoms with van der Waals surface area (Å²) in [5, 5.41) is 0. The summed E-state index contributed by atoms with van der Waals surface area (Å²) < 4.78 is 0. The molecule has 0 spiro atoms. The van der Waals surface area contributed by atoms with Crippen molar-refractivity contribution in [3.05, 3.63) is 0 Å². The normalized spacial score (nSPS) is 17.4. The van der Waals surface area contributed by atoms with Gasteiger partial charge in [0.1, 0.15) is 0 Å². The van der Waals surface area contributed by atoms with Gasteiger partial charge >= 0.3 is 0 Å². The molecule has 0 rings (SSSR count). The van der Waals surface area contributed by atoms with Gasteiger partial charge < -0.3 is 0 Å². The summed E-state index contributed by atoms with van der Waals surface area (Å²) in [6.45, 7) is 103. The van der Waals surface area contributed by atoms with Crippen LogP contribution in [0, 0.1) is 0 Å². The second kappa shape index (κ2) is 14.0. The van der Waals surface area contributed by atoms with Crippen molar-refractivity contribution in [1.29, 1.82) is 0 Å². The van der Waals surface area contributed by atoms with Gasteiger partial charge in [-0.05, 0) is 0 Å². The van der Waals surface area contributed by atoms with E-state index in [1.165, 1.54) is 0 Å². The first-order valence-electron chi connectivity index (χ1n) is 20.8. The van der Waals surface area contributed by atoms with Crippen LogP contribution in [0.25, 0.3) is 0 Å². The van der Waals surface area contributed by atoms with Crippen LogP contribution in [0.2, 0.25) is 223 Å². The van der Waals surface area contributed by atoms with Crippen LogP contribution < -0.4 is 0 Å². The van der Waals surface area contributed by atoms with Crippen molar-refractivity contribution in [2.24, 2.45) is 0 Å². The van der Waals surface area contributed by atoms with E-state index < -0.39 is 115 Å². The van der Waals surface area contributed by atoms with Crippen molar-refractivity contribution in [2.45, 2.75) is 223 Å². The molecule has 0 aliphatic heterocycles. The fraction of sp³-hybridized carbons (Fsp3) is 1.00. The molecule has 0 saturated carbocycles. The molecule has 0 N–H and O–H groups in total. The van der Waals surface area contributed by atoms with E-state index in [0.29, 0.717) is 0 Å². The quantitative estimate of drug-likeness (QED) is 0.144. The first kappa shape index (κ1) is 53.5. The first-order valence-corrected chi connectivity index (χ1v) is 84.8. The Balaban J connectivity index is 10.5. The van der Waals surface area contributed by atoms with E-state index in [0.717, 1.165) is 0 Å². The van der Waals surface area contributed by atoms with E-state index in [1.54, 1.807) is 0 Å². The second-order valence-electron chi connectivity index (χ2n) is 28.5. The minimum absolute atomic E-state index is 1.50. The number of hydrogen-bond acceptors (Lipinski definition) is 0. The van der Waals surface area contributed by atoms with Gasteiger partial charge in [-0.15, -0.1) is 0 Å². The Bertz CT molecular complexity index is 946. The van der Waals surface area contributed by atoms with Crippen LogP contribution in [0.15, 0.2) is 0 Å².